The van der Waals surface area contributed by atoms with Crippen LogP contribution in [0.5, 0.6) is 0 Å². The van der Waals surface area contributed by atoms with E-state index in [9.17, 15) is 9.59 Å². The highest BCUT2D eigenvalue weighted by molar-refractivity contribution is 7.99. The van der Waals surface area contributed by atoms with E-state index >= 15 is 0 Å². The number of urea groups is 1. The summed E-state index contributed by atoms with van der Waals surface area (Å²) in [6, 6.07) is -1.27. The van der Waals surface area contributed by atoms with Crippen LogP contribution >= 0.6 is 11.8 Å². The molecule has 2 heterocycles. The molecule has 0 aliphatic carbocycles. The maximum absolute atomic E-state index is 11.8. The summed E-state index contributed by atoms with van der Waals surface area (Å²) in [5.41, 5.74) is 0.672. The molecule has 2 rings (SSSR count). The Morgan fingerprint density at radius 2 is 2.45 bits per heavy atom. The van der Waals surface area contributed by atoms with Gasteiger partial charge in [-0.3, -0.25) is 0 Å². The molecule has 8 heteroatoms. The third-order valence-corrected chi connectivity index (χ3v) is 4.29. The Morgan fingerprint density at radius 1 is 1.60 bits per heavy atom. The fraction of sp³-hybridized carbons (Fsp3) is 0.583. The van der Waals surface area contributed by atoms with Gasteiger partial charge in [-0.2, -0.15) is 11.8 Å². The van der Waals surface area contributed by atoms with Gasteiger partial charge in [0.25, 0.3) is 0 Å². The van der Waals surface area contributed by atoms with Crippen LogP contribution in [0.15, 0.2) is 12.5 Å². The Kier molecular flexibility index (Phi) is 5.28. The van der Waals surface area contributed by atoms with Crippen LogP contribution in [-0.2, 0) is 11.2 Å². The minimum Gasteiger partial charge on any atom is -0.480 e. The van der Waals surface area contributed by atoms with Crippen molar-refractivity contribution in [3.63, 3.8) is 0 Å². The van der Waals surface area contributed by atoms with Gasteiger partial charge in [0.15, 0.2) is 0 Å². The van der Waals surface area contributed by atoms with Crippen molar-refractivity contribution in [3.8, 4) is 0 Å². The monoisotopic (exact) mass is 298 g/mol. The number of carboxylic acid groups (broad SMARTS) is 1. The van der Waals surface area contributed by atoms with Gasteiger partial charge in [0.1, 0.15) is 6.04 Å². The van der Waals surface area contributed by atoms with E-state index in [1.807, 2.05) is 0 Å². The Bertz CT molecular complexity index is 446. The van der Waals surface area contributed by atoms with Gasteiger partial charge in [-0.15, -0.1) is 0 Å². The van der Waals surface area contributed by atoms with E-state index in [-0.39, 0.29) is 12.5 Å². The number of amides is 2. The zero-order valence-corrected chi connectivity index (χ0v) is 11.8. The third kappa shape index (κ3) is 4.44. The number of nitrogens with one attached hydrogen (secondary N) is 3. The number of aromatic amines is 1. The van der Waals surface area contributed by atoms with Crippen LogP contribution in [0.1, 0.15) is 18.5 Å². The molecule has 2 amide bonds. The summed E-state index contributed by atoms with van der Waals surface area (Å²) in [7, 11) is 0. The van der Waals surface area contributed by atoms with Crippen LogP contribution in [-0.4, -0.2) is 50.7 Å². The van der Waals surface area contributed by atoms with E-state index in [1.54, 1.807) is 18.0 Å². The predicted octanol–water partition coefficient (Wildman–Crippen LogP) is 0.600. The van der Waals surface area contributed by atoms with E-state index in [0.29, 0.717) is 5.69 Å². The SMILES string of the molecule is O=C(NC1CCCSC1)N[C@@H](Cc1cnc[nH]1)C(=O)O. The number of hydrogen-bond acceptors (Lipinski definition) is 4. The summed E-state index contributed by atoms with van der Waals surface area (Å²) in [5, 5.41) is 14.5. The lowest BCUT2D eigenvalue weighted by atomic mass is 10.1. The summed E-state index contributed by atoms with van der Waals surface area (Å²) in [6.45, 7) is 0. The lowest BCUT2D eigenvalue weighted by molar-refractivity contribution is -0.139. The fourth-order valence-corrected chi connectivity index (χ4v) is 3.13. The van der Waals surface area contributed by atoms with Crippen LogP contribution < -0.4 is 10.6 Å². The number of H-pyrrole nitrogens is 1. The van der Waals surface area contributed by atoms with Crippen LogP contribution in [0.2, 0.25) is 0 Å². The molecule has 0 saturated carbocycles. The Morgan fingerprint density at radius 3 is 3.05 bits per heavy atom. The van der Waals surface area contributed by atoms with E-state index in [2.05, 4.69) is 20.6 Å². The molecule has 1 saturated heterocycles. The van der Waals surface area contributed by atoms with Gasteiger partial charge in [-0.1, -0.05) is 0 Å². The zero-order chi connectivity index (χ0) is 14.4. The topological polar surface area (TPSA) is 107 Å². The molecule has 0 radical (unpaired) electrons. The molecule has 4 N–H and O–H groups in total. The van der Waals surface area contributed by atoms with Gasteiger partial charge in [-0.25, -0.2) is 14.6 Å². The quantitative estimate of drug-likeness (QED) is 0.637. The van der Waals surface area contributed by atoms with Gasteiger partial charge in [0.2, 0.25) is 0 Å². The first-order valence-corrected chi connectivity index (χ1v) is 7.65. The third-order valence-electron chi connectivity index (χ3n) is 3.08. The normalized spacial score (nSPS) is 20.1. The molecule has 1 aliphatic rings. The predicted molar refractivity (Wildman–Crippen MR) is 75.7 cm³/mol. The molecular formula is C12H18N4O3S. The van der Waals surface area contributed by atoms with Gasteiger partial charge in [-0.05, 0) is 18.6 Å². The van der Waals surface area contributed by atoms with Crippen molar-refractivity contribution < 1.29 is 14.7 Å². The highest BCUT2D eigenvalue weighted by Crippen LogP contribution is 2.16. The van der Waals surface area contributed by atoms with E-state index < -0.39 is 18.0 Å². The Balaban J connectivity index is 1.83. The number of rotatable bonds is 5. The molecule has 2 atom stereocenters. The van der Waals surface area contributed by atoms with Crippen molar-refractivity contribution in [1.82, 2.24) is 20.6 Å². The summed E-state index contributed by atoms with van der Waals surface area (Å²) in [4.78, 5) is 29.7. The van der Waals surface area contributed by atoms with Gasteiger partial charge >= 0.3 is 12.0 Å². The van der Waals surface area contributed by atoms with Gasteiger partial charge in [0, 0.05) is 30.1 Å². The molecule has 0 spiro atoms. The molecule has 1 aromatic rings. The van der Waals surface area contributed by atoms with Crippen molar-refractivity contribution in [2.24, 2.45) is 0 Å². The van der Waals surface area contributed by atoms with Crippen LogP contribution in [0.4, 0.5) is 4.79 Å². The van der Waals surface area contributed by atoms with Crippen molar-refractivity contribution in [2.75, 3.05) is 11.5 Å². The largest absolute Gasteiger partial charge is 0.480 e. The van der Waals surface area contributed by atoms with E-state index in [0.717, 1.165) is 24.3 Å². The van der Waals surface area contributed by atoms with Crippen molar-refractivity contribution in [2.45, 2.75) is 31.3 Å². The fourth-order valence-electron chi connectivity index (χ4n) is 2.06. The zero-order valence-electron chi connectivity index (χ0n) is 11.0. The molecule has 1 aliphatic heterocycles. The Labute approximate surface area is 120 Å². The van der Waals surface area contributed by atoms with Gasteiger partial charge in [0.05, 0.1) is 6.33 Å². The number of aliphatic carboxylic acids is 1. The average Bonchev–Trinajstić information content (AvgIpc) is 2.92. The number of hydrogen-bond donors (Lipinski definition) is 4. The highest BCUT2D eigenvalue weighted by Gasteiger charge is 2.23. The molecular weight excluding hydrogens is 280 g/mol. The lowest BCUT2D eigenvalue weighted by Gasteiger charge is -2.23. The number of carbonyl (C=O) groups is 2. The Hall–Kier alpha value is -1.70. The maximum Gasteiger partial charge on any atom is 0.326 e. The number of nitrogens with zero attached hydrogens (tertiary/aromatic N) is 1. The second kappa shape index (κ2) is 7.18. The molecule has 7 nitrogen and oxygen atoms in total. The first kappa shape index (κ1) is 14.7. The lowest BCUT2D eigenvalue weighted by Crippen LogP contribution is -2.50. The van der Waals surface area contributed by atoms with Crippen molar-refractivity contribution >= 4 is 23.8 Å². The smallest absolute Gasteiger partial charge is 0.326 e. The van der Waals surface area contributed by atoms with E-state index in [4.69, 9.17) is 5.11 Å². The van der Waals surface area contributed by atoms with Crippen LogP contribution in [0.3, 0.4) is 0 Å². The second-order valence-electron chi connectivity index (χ2n) is 4.70. The minimum absolute atomic E-state index is 0.121. The summed E-state index contributed by atoms with van der Waals surface area (Å²) < 4.78 is 0. The number of thioether (sulfide) groups is 1. The van der Waals surface area contributed by atoms with E-state index in [1.165, 1.54) is 6.33 Å². The summed E-state index contributed by atoms with van der Waals surface area (Å²) in [5.74, 6) is 0.941. The van der Waals surface area contributed by atoms with Crippen molar-refractivity contribution in [3.05, 3.63) is 18.2 Å². The number of aromatic nitrogens is 2. The highest BCUT2D eigenvalue weighted by atomic mass is 32.2. The van der Waals surface area contributed by atoms with Gasteiger partial charge < -0.3 is 20.7 Å². The summed E-state index contributed by atoms with van der Waals surface area (Å²) in [6.07, 6.45) is 5.23. The first-order valence-electron chi connectivity index (χ1n) is 6.50. The van der Waals surface area contributed by atoms with Crippen molar-refractivity contribution in [1.29, 1.82) is 0 Å². The molecule has 1 unspecified atom stereocenters. The molecule has 110 valence electrons. The number of carboxylic acids is 1. The minimum atomic E-state index is -1.06. The standard InChI is InChI=1S/C12H18N4O3S/c17-11(18)10(4-9-5-13-7-14-9)16-12(19)15-8-2-1-3-20-6-8/h5,7-8,10H,1-4,6H2,(H,13,14)(H,17,18)(H2,15,16,19)/t8?,10-/m0/s1. The average molecular weight is 298 g/mol. The number of imidazole rings is 1. The molecule has 1 aromatic heterocycles. The van der Waals surface area contributed by atoms with Crippen LogP contribution in [0, 0.1) is 0 Å². The molecule has 20 heavy (non-hydrogen) atoms. The summed E-state index contributed by atoms with van der Waals surface area (Å²) >= 11 is 1.80. The molecule has 1 fully saturated rings. The first-order chi connectivity index (χ1) is 9.65. The second-order valence-corrected chi connectivity index (χ2v) is 5.85. The number of carbonyl (C=O) groups excluding carboxylic acids is 1. The molecule has 0 aromatic carbocycles. The van der Waals surface area contributed by atoms with Crippen LogP contribution in [0.25, 0.3) is 0 Å². The molecule has 0 bridgehead atoms. The maximum atomic E-state index is 11.8.